The fourth-order valence-corrected chi connectivity index (χ4v) is 5.98. The Kier molecular flexibility index (Phi) is 8.62. The van der Waals surface area contributed by atoms with Crippen molar-refractivity contribution in [2.75, 3.05) is 49.5 Å². The van der Waals surface area contributed by atoms with Crippen LogP contribution in [0.5, 0.6) is 0 Å². The van der Waals surface area contributed by atoms with Gasteiger partial charge in [0.25, 0.3) is 0 Å². The number of anilines is 3. The Morgan fingerprint density at radius 2 is 1.69 bits per heavy atom. The van der Waals surface area contributed by atoms with Crippen LogP contribution in [0.15, 0.2) is 66.9 Å². The molecular weight excluding hydrogens is 554 g/mol. The lowest BCUT2D eigenvalue weighted by molar-refractivity contribution is 0.0118. The molecule has 0 radical (unpaired) electrons. The van der Waals surface area contributed by atoms with E-state index in [0.29, 0.717) is 43.4 Å². The van der Waals surface area contributed by atoms with Crippen LogP contribution in [0.2, 0.25) is 5.02 Å². The smallest absolute Gasteiger partial charge is 0.247 e. The number of nitrogens with zero attached hydrogens (tertiary/aromatic N) is 5. The van der Waals surface area contributed by atoms with Gasteiger partial charge in [0.1, 0.15) is 6.23 Å². The number of hydrogen-bond donors (Lipinski definition) is 5. The molecule has 42 heavy (non-hydrogen) atoms. The lowest BCUT2D eigenvalue weighted by Gasteiger charge is -2.39. The highest BCUT2D eigenvalue weighted by Gasteiger charge is 2.34. The number of fused-ring (bicyclic) bond motifs is 1. The summed E-state index contributed by atoms with van der Waals surface area (Å²) in [6, 6.07) is 19.0. The topological polar surface area (TPSA) is 121 Å². The monoisotopic (exact) mass is 591 g/mol. The van der Waals surface area contributed by atoms with Crippen LogP contribution in [0.1, 0.15) is 43.0 Å². The number of likely N-dealkylation sites (tertiary alicyclic amines) is 1. The minimum Gasteiger partial charge on any atom is -0.393 e. The first-order valence-electron chi connectivity index (χ1n) is 14.6. The molecule has 1 atom stereocenters. The number of pyridine rings is 1. The van der Waals surface area contributed by atoms with Gasteiger partial charge in [0.2, 0.25) is 5.95 Å². The summed E-state index contributed by atoms with van der Waals surface area (Å²) in [5, 5.41) is 43.3. The summed E-state index contributed by atoms with van der Waals surface area (Å²) in [5.74, 6) is 0.482. The lowest BCUT2D eigenvalue weighted by Crippen LogP contribution is -2.42. The maximum absolute atomic E-state index is 11.3. The second-order valence-electron chi connectivity index (χ2n) is 11.3. The predicted molar refractivity (Wildman–Crippen MR) is 164 cm³/mol. The SMILES string of the molecule is OC1CCN(CCNC(O)c2ccc(Nc3nc4c(N5CCC(O)(c6ccc(Cl)cc6)CC5)cccn4n3)cc2)CC1. The molecule has 0 saturated carbocycles. The molecule has 2 aromatic carbocycles. The van der Waals surface area contributed by atoms with Crippen LogP contribution in [-0.4, -0.2) is 80.2 Å². The van der Waals surface area contributed by atoms with Gasteiger partial charge in [-0.2, -0.15) is 4.98 Å². The highest BCUT2D eigenvalue weighted by molar-refractivity contribution is 6.30. The molecule has 4 heterocycles. The van der Waals surface area contributed by atoms with Crippen molar-refractivity contribution in [2.24, 2.45) is 0 Å². The maximum Gasteiger partial charge on any atom is 0.247 e. The second kappa shape index (κ2) is 12.5. The van der Waals surface area contributed by atoms with E-state index in [9.17, 15) is 15.3 Å². The van der Waals surface area contributed by atoms with E-state index in [1.54, 1.807) is 4.52 Å². The zero-order valence-corrected chi connectivity index (χ0v) is 24.3. The molecule has 2 aliphatic heterocycles. The number of aliphatic hydroxyl groups excluding tert-OH is 2. The number of aliphatic hydroxyl groups is 3. The summed E-state index contributed by atoms with van der Waals surface area (Å²) in [6.07, 6.45) is 3.77. The third-order valence-corrected chi connectivity index (χ3v) is 8.71. The van der Waals surface area contributed by atoms with Gasteiger partial charge in [0.05, 0.1) is 17.4 Å². The van der Waals surface area contributed by atoms with Crippen LogP contribution in [-0.2, 0) is 5.60 Å². The Labute approximate surface area is 250 Å². The van der Waals surface area contributed by atoms with Crippen molar-refractivity contribution in [1.82, 2.24) is 24.8 Å². The summed E-state index contributed by atoms with van der Waals surface area (Å²) in [7, 11) is 0. The third-order valence-electron chi connectivity index (χ3n) is 8.46. The van der Waals surface area contributed by atoms with Crippen molar-refractivity contribution in [3.8, 4) is 0 Å². The van der Waals surface area contributed by atoms with Gasteiger partial charge in [-0.3, -0.25) is 5.32 Å². The van der Waals surface area contributed by atoms with Gasteiger partial charge in [-0.05, 0) is 73.2 Å². The Morgan fingerprint density at radius 3 is 2.40 bits per heavy atom. The largest absolute Gasteiger partial charge is 0.393 e. The molecule has 0 amide bonds. The van der Waals surface area contributed by atoms with E-state index >= 15 is 0 Å². The van der Waals surface area contributed by atoms with Crippen molar-refractivity contribution in [3.05, 3.63) is 83.0 Å². The normalized spacial score (nSPS) is 18.8. The minimum absolute atomic E-state index is 0.177. The molecule has 11 heteroatoms. The van der Waals surface area contributed by atoms with Gasteiger partial charge in [-0.15, -0.1) is 5.10 Å². The quantitative estimate of drug-likeness (QED) is 0.186. The molecular formula is C31H38ClN7O3. The zero-order valence-electron chi connectivity index (χ0n) is 23.5. The molecule has 5 N–H and O–H groups in total. The average Bonchev–Trinajstić information content (AvgIpc) is 3.42. The van der Waals surface area contributed by atoms with Gasteiger partial charge < -0.3 is 30.4 Å². The molecule has 6 rings (SSSR count). The van der Waals surface area contributed by atoms with Crippen molar-refractivity contribution in [3.63, 3.8) is 0 Å². The fraction of sp³-hybridized carbons (Fsp3) is 0.419. The molecule has 222 valence electrons. The van der Waals surface area contributed by atoms with Crippen LogP contribution in [0.25, 0.3) is 5.65 Å². The van der Waals surface area contributed by atoms with Crippen LogP contribution >= 0.6 is 11.6 Å². The Balaban J connectivity index is 1.05. The molecule has 0 spiro atoms. The fourth-order valence-electron chi connectivity index (χ4n) is 5.86. The summed E-state index contributed by atoms with van der Waals surface area (Å²) < 4.78 is 1.77. The van der Waals surface area contributed by atoms with Crippen LogP contribution in [0.3, 0.4) is 0 Å². The summed E-state index contributed by atoms with van der Waals surface area (Å²) in [4.78, 5) is 9.33. The minimum atomic E-state index is -0.875. The molecule has 0 bridgehead atoms. The summed E-state index contributed by atoms with van der Waals surface area (Å²) in [6.45, 7) is 4.67. The van der Waals surface area contributed by atoms with Gasteiger partial charge in [0, 0.05) is 56.2 Å². The standard InChI is InChI=1S/C31H38ClN7O3/c32-24-7-5-23(6-8-24)31(42)13-19-38(20-14-31)27-2-1-16-39-28(27)35-30(36-39)34-25-9-3-22(4-10-25)29(41)33-15-21-37-17-11-26(40)12-18-37/h1-10,16,26,29,33,40-42H,11-15,17-21H2,(H,34,36). The Bertz CT molecular complexity index is 1460. The molecule has 2 saturated heterocycles. The summed E-state index contributed by atoms with van der Waals surface area (Å²) in [5.41, 5.74) is 3.34. The van der Waals surface area contributed by atoms with Crippen molar-refractivity contribution >= 4 is 34.6 Å². The maximum atomic E-state index is 11.3. The first-order chi connectivity index (χ1) is 20.4. The summed E-state index contributed by atoms with van der Waals surface area (Å²) >= 11 is 6.04. The number of hydrogen-bond acceptors (Lipinski definition) is 9. The van der Waals surface area contributed by atoms with Crippen molar-refractivity contribution in [2.45, 2.75) is 43.6 Å². The van der Waals surface area contributed by atoms with Gasteiger partial charge in [-0.1, -0.05) is 35.9 Å². The zero-order chi connectivity index (χ0) is 29.1. The van der Waals surface area contributed by atoms with E-state index in [1.807, 2.05) is 66.9 Å². The predicted octanol–water partition coefficient (Wildman–Crippen LogP) is 3.65. The van der Waals surface area contributed by atoms with Crippen molar-refractivity contribution < 1.29 is 15.3 Å². The number of halogens is 1. The third kappa shape index (κ3) is 6.54. The second-order valence-corrected chi connectivity index (χ2v) is 11.7. The Morgan fingerprint density at radius 1 is 0.976 bits per heavy atom. The first-order valence-corrected chi connectivity index (χ1v) is 15.0. The number of aromatic nitrogens is 3. The van der Waals surface area contributed by atoms with E-state index in [0.717, 1.165) is 60.6 Å². The molecule has 1 unspecified atom stereocenters. The number of piperidine rings is 2. The van der Waals surface area contributed by atoms with E-state index in [2.05, 4.69) is 25.5 Å². The number of rotatable bonds is 9. The average molecular weight is 592 g/mol. The van der Waals surface area contributed by atoms with Gasteiger partial charge in [0.15, 0.2) is 5.65 Å². The van der Waals surface area contributed by atoms with Crippen LogP contribution < -0.4 is 15.5 Å². The van der Waals surface area contributed by atoms with E-state index in [-0.39, 0.29) is 6.10 Å². The highest BCUT2D eigenvalue weighted by atomic mass is 35.5. The van der Waals surface area contributed by atoms with Crippen LogP contribution in [0, 0.1) is 0 Å². The lowest BCUT2D eigenvalue weighted by atomic mass is 9.84. The van der Waals surface area contributed by atoms with E-state index < -0.39 is 11.8 Å². The van der Waals surface area contributed by atoms with Gasteiger partial charge in [-0.25, -0.2) is 4.52 Å². The molecule has 4 aromatic rings. The number of nitrogens with one attached hydrogen (secondary N) is 2. The first kappa shape index (κ1) is 28.9. The molecule has 2 fully saturated rings. The highest BCUT2D eigenvalue weighted by Crippen LogP contribution is 2.36. The molecule has 10 nitrogen and oxygen atoms in total. The number of benzene rings is 2. The van der Waals surface area contributed by atoms with E-state index in [1.165, 1.54) is 0 Å². The molecule has 0 aliphatic carbocycles. The Hall–Kier alpha value is -3.25. The van der Waals surface area contributed by atoms with E-state index in [4.69, 9.17) is 16.6 Å². The molecule has 2 aliphatic rings. The van der Waals surface area contributed by atoms with Crippen LogP contribution in [0.4, 0.5) is 17.3 Å². The molecule has 2 aromatic heterocycles. The van der Waals surface area contributed by atoms with Gasteiger partial charge >= 0.3 is 0 Å². The van der Waals surface area contributed by atoms with Crippen molar-refractivity contribution in [1.29, 1.82) is 0 Å².